The van der Waals surface area contributed by atoms with Gasteiger partial charge in [-0.05, 0) is 71.0 Å². The van der Waals surface area contributed by atoms with Gasteiger partial charge in [-0.1, -0.05) is 13.0 Å². The quantitative estimate of drug-likeness (QED) is 0.603. The molecule has 0 aliphatic rings. The molecule has 2 aromatic carbocycles. The molecule has 0 saturated carbocycles. The lowest BCUT2D eigenvalue weighted by Crippen LogP contribution is -2.34. The van der Waals surface area contributed by atoms with Crippen LogP contribution in [0.5, 0.6) is 5.75 Å². The van der Waals surface area contributed by atoms with E-state index in [9.17, 15) is 9.59 Å². The third-order valence-corrected chi connectivity index (χ3v) is 4.11. The van der Waals surface area contributed by atoms with E-state index in [0.717, 1.165) is 6.42 Å². The highest BCUT2D eigenvalue weighted by molar-refractivity contribution is 9.10. The summed E-state index contributed by atoms with van der Waals surface area (Å²) in [5.41, 5.74) is 6.56. The van der Waals surface area contributed by atoms with E-state index >= 15 is 0 Å². The van der Waals surface area contributed by atoms with Gasteiger partial charge in [0, 0.05) is 16.8 Å². The highest BCUT2D eigenvalue weighted by Crippen LogP contribution is 2.26. The van der Waals surface area contributed by atoms with Crippen molar-refractivity contribution in [3.05, 3.63) is 58.1 Å². The Morgan fingerprint density at radius 2 is 1.96 bits per heavy atom. The van der Waals surface area contributed by atoms with Gasteiger partial charge in [0.2, 0.25) is 5.91 Å². The molecule has 0 aliphatic carbocycles. The molecule has 0 atom stereocenters. The van der Waals surface area contributed by atoms with Crippen molar-refractivity contribution in [1.29, 1.82) is 0 Å². The van der Waals surface area contributed by atoms with Crippen molar-refractivity contribution in [1.82, 2.24) is 5.32 Å². The molecule has 4 N–H and O–H groups in total. The Balaban J connectivity index is 2.00. The van der Waals surface area contributed by atoms with Crippen LogP contribution in [0.25, 0.3) is 0 Å². The molecule has 2 rings (SSSR count). The Bertz CT molecular complexity index is 842. The van der Waals surface area contributed by atoms with Crippen molar-refractivity contribution >= 4 is 50.8 Å². The number of carbonyl (C=O) groups is 2. The van der Waals surface area contributed by atoms with E-state index in [1.807, 2.05) is 6.92 Å². The SMILES string of the molecule is CCCOc1ccc(C(=O)NC(=S)Nc2cccc(C(N)=O)c2)cc1Br. The third-order valence-electron chi connectivity index (χ3n) is 3.29. The largest absolute Gasteiger partial charge is 0.492 e. The van der Waals surface area contributed by atoms with Crippen molar-refractivity contribution in [2.24, 2.45) is 5.73 Å². The number of anilines is 1. The summed E-state index contributed by atoms with van der Waals surface area (Å²) >= 11 is 8.53. The Morgan fingerprint density at radius 1 is 1.19 bits per heavy atom. The van der Waals surface area contributed by atoms with Gasteiger partial charge in [-0.3, -0.25) is 14.9 Å². The highest BCUT2D eigenvalue weighted by atomic mass is 79.9. The first kappa shape index (κ1) is 19.9. The van der Waals surface area contributed by atoms with Crippen molar-refractivity contribution in [3.8, 4) is 5.75 Å². The first-order chi connectivity index (χ1) is 12.4. The second-order valence-electron chi connectivity index (χ2n) is 5.35. The van der Waals surface area contributed by atoms with E-state index in [2.05, 4.69) is 26.6 Å². The zero-order valence-electron chi connectivity index (χ0n) is 14.0. The summed E-state index contributed by atoms with van der Waals surface area (Å²) in [6.07, 6.45) is 0.894. The predicted molar refractivity (Wildman–Crippen MR) is 109 cm³/mol. The molecular formula is C18H18BrN3O3S. The maximum absolute atomic E-state index is 12.3. The average Bonchev–Trinajstić information content (AvgIpc) is 2.60. The fraction of sp³-hybridized carbons (Fsp3) is 0.167. The van der Waals surface area contributed by atoms with Crippen LogP contribution in [0.1, 0.15) is 34.1 Å². The van der Waals surface area contributed by atoms with Gasteiger partial charge >= 0.3 is 0 Å². The zero-order valence-corrected chi connectivity index (χ0v) is 16.4. The Morgan fingerprint density at radius 3 is 2.62 bits per heavy atom. The number of thiocarbonyl (C=S) groups is 1. The fourth-order valence-electron chi connectivity index (χ4n) is 2.06. The summed E-state index contributed by atoms with van der Waals surface area (Å²) in [5, 5.41) is 5.54. The topological polar surface area (TPSA) is 93.4 Å². The molecule has 0 heterocycles. The summed E-state index contributed by atoms with van der Waals surface area (Å²) in [6, 6.07) is 11.6. The minimum atomic E-state index is -0.543. The standard InChI is InChI=1S/C18H18BrN3O3S/c1-2-8-25-15-7-6-12(10-14(15)19)17(24)22-18(26)21-13-5-3-4-11(9-13)16(20)23/h3-7,9-10H,2,8H2,1H3,(H2,20,23)(H2,21,22,24,26). The van der Waals surface area contributed by atoms with Gasteiger partial charge in [0.1, 0.15) is 5.75 Å². The van der Waals surface area contributed by atoms with Crippen LogP contribution in [0, 0.1) is 0 Å². The van der Waals surface area contributed by atoms with Gasteiger partial charge in [-0.15, -0.1) is 0 Å². The molecule has 0 radical (unpaired) electrons. The molecule has 0 aliphatic heterocycles. The van der Waals surface area contributed by atoms with Crippen molar-refractivity contribution in [3.63, 3.8) is 0 Å². The average molecular weight is 436 g/mol. The number of carbonyl (C=O) groups excluding carboxylic acids is 2. The van der Waals surface area contributed by atoms with Crippen LogP contribution in [0.4, 0.5) is 5.69 Å². The molecule has 26 heavy (non-hydrogen) atoms. The molecule has 0 bridgehead atoms. The monoisotopic (exact) mass is 435 g/mol. The molecule has 0 spiro atoms. The molecule has 0 fully saturated rings. The third kappa shape index (κ3) is 5.53. The first-order valence-corrected chi connectivity index (χ1v) is 9.05. The van der Waals surface area contributed by atoms with Crippen LogP contribution < -0.4 is 21.1 Å². The Kier molecular flexibility index (Phi) is 7.11. The highest BCUT2D eigenvalue weighted by Gasteiger charge is 2.11. The summed E-state index contributed by atoms with van der Waals surface area (Å²) in [7, 11) is 0. The normalized spacial score (nSPS) is 10.1. The van der Waals surface area contributed by atoms with Gasteiger partial charge in [0.05, 0.1) is 11.1 Å². The van der Waals surface area contributed by atoms with Gasteiger partial charge in [0.15, 0.2) is 5.11 Å². The summed E-state index contributed by atoms with van der Waals surface area (Å²) in [5.74, 6) is -0.234. The van der Waals surface area contributed by atoms with Crippen molar-refractivity contribution < 1.29 is 14.3 Å². The minimum Gasteiger partial charge on any atom is -0.492 e. The molecule has 0 aromatic heterocycles. The van der Waals surface area contributed by atoms with Gasteiger partial charge < -0.3 is 15.8 Å². The number of rotatable bonds is 6. The van der Waals surface area contributed by atoms with Crippen LogP contribution >= 0.6 is 28.1 Å². The summed E-state index contributed by atoms with van der Waals surface area (Å²) < 4.78 is 6.24. The van der Waals surface area contributed by atoms with E-state index in [4.69, 9.17) is 22.7 Å². The molecule has 2 amide bonds. The van der Waals surface area contributed by atoms with Crippen LogP contribution in [-0.2, 0) is 0 Å². The van der Waals surface area contributed by atoms with Crippen LogP contribution in [0.15, 0.2) is 46.9 Å². The molecule has 2 aromatic rings. The number of hydrogen-bond donors (Lipinski definition) is 3. The molecule has 0 saturated heterocycles. The smallest absolute Gasteiger partial charge is 0.257 e. The fourth-order valence-corrected chi connectivity index (χ4v) is 2.76. The zero-order chi connectivity index (χ0) is 19.1. The molecule has 136 valence electrons. The van der Waals surface area contributed by atoms with Crippen molar-refractivity contribution in [2.75, 3.05) is 11.9 Å². The molecule has 8 heteroatoms. The number of hydrogen-bond acceptors (Lipinski definition) is 4. The van der Waals surface area contributed by atoms with Crippen LogP contribution in [0.2, 0.25) is 0 Å². The number of amides is 2. The maximum atomic E-state index is 12.3. The predicted octanol–water partition coefficient (Wildman–Crippen LogP) is 3.46. The van der Waals surface area contributed by atoms with E-state index < -0.39 is 5.91 Å². The van der Waals surface area contributed by atoms with E-state index in [1.165, 1.54) is 0 Å². The van der Waals surface area contributed by atoms with Crippen LogP contribution in [0.3, 0.4) is 0 Å². The summed E-state index contributed by atoms with van der Waals surface area (Å²) in [6.45, 7) is 2.62. The maximum Gasteiger partial charge on any atom is 0.257 e. The summed E-state index contributed by atoms with van der Waals surface area (Å²) in [4.78, 5) is 23.5. The molecule has 6 nitrogen and oxygen atoms in total. The van der Waals surface area contributed by atoms with Crippen LogP contribution in [-0.4, -0.2) is 23.5 Å². The number of nitrogens with one attached hydrogen (secondary N) is 2. The molecular weight excluding hydrogens is 418 g/mol. The first-order valence-electron chi connectivity index (χ1n) is 7.85. The Labute approximate surface area is 165 Å². The van der Waals surface area contributed by atoms with E-state index in [1.54, 1.807) is 42.5 Å². The van der Waals surface area contributed by atoms with E-state index in [-0.39, 0.29) is 11.0 Å². The number of halogens is 1. The number of ether oxygens (including phenoxy) is 1. The molecule has 0 unspecified atom stereocenters. The second kappa shape index (κ2) is 9.30. The number of benzene rings is 2. The van der Waals surface area contributed by atoms with Gasteiger partial charge in [-0.2, -0.15) is 0 Å². The van der Waals surface area contributed by atoms with Gasteiger partial charge in [0.25, 0.3) is 5.91 Å². The lowest BCUT2D eigenvalue weighted by molar-refractivity contribution is 0.0974. The minimum absolute atomic E-state index is 0.110. The number of primary amides is 1. The lowest BCUT2D eigenvalue weighted by atomic mass is 10.2. The Hall–Kier alpha value is -2.45. The lowest BCUT2D eigenvalue weighted by Gasteiger charge is -2.11. The number of nitrogens with two attached hydrogens (primary N) is 1. The van der Waals surface area contributed by atoms with E-state index in [0.29, 0.717) is 33.6 Å². The second-order valence-corrected chi connectivity index (χ2v) is 6.61. The van der Waals surface area contributed by atoms with Gasteiger partial charge in [-0.25, -0.2) is 0 Å². The van der Waals surface area contributed by atoms with Crippen molar-refractivity contribution in [2.45, 2.75) is 13.3 Å².